The monoisotopic (exact) mass is 504 g/mol. The molecule has 4 aromatic rings. The van der Waals surface area contributed by atoms with Gasteiger partial charge in [0, 0.05) is 5.56 Å². The van der Waals surface area contributed by atoms with E-state index in [-0.39, 0.29) is 11.3 Å². The number of benzene rings is 2. The fourth-order valence-corrected chi connectivity index (χ4v) is 5.13. The number of ether oxygens (including phenoxy) is 2. The summed E-state index contributed by atoms with van der Waals surface area (Å²) in [5.74, 6) is 0.385. The van der Waals surface area contributed by atoms with Gasteiger partial charge in [0.15, 0.2) is 5.13 Å². The number of carbonyl (C=O) groups is 2. The summed E-state index contributed by atoms with van der Waals surface area (Å²) in [6, 6.07) is 14.6. The van der Waals surface area contributed by atoms with Gasteiger partial charge in [0.2, 0.25) is 0 Å². The Kier molecular flexibility index (Phi) is 6.24. The lowest BCUT2D eigenvalue weighted by atomic mass is 9.99. The Morgan fingerprint density at radius 1 is 1.11 bits per heavy atom. The summed E-state index contributed by atoms with van der Waals surface area (Å²) in [7, 11) is 1.57. The molecule has 1 fully saturated rings. The maximum absolute atomic E-state index is 13.3. The van der Waals surface area contributed by atoms with Gasteiger partial charge in [0.25, 0.3) is 5.78 Å². The zero-order valence-corrected chi connectivity index (χ0v) is 20.8. The van der Waals surface area contributed by atoms with Crippen molar-refractivity contribution in [2.75, 3.05) is 18.6 Å². The number of aromatic nitrogens is 1. The Balaban J connectivity index is 1.63. The smallest absolute Gasteiger partial charge is 0.302 e. The first-order chi connectivity index (χ1) is 17.4. The van der Waals surface area contributed by atoms with Gasteiger partial charge < -0.3 is 19.0 Å². The van der Waals surface area contributed by atoms with Gasteiger partial charge in [-0.25, -0.2) is 4.98 Å². The van der Waals surface area contributed by atoms with Gasteiger partial charge in [0.1, 0.15) is 34.8 Å². The minimum atomic E-state index is -0.975. The van der Waals surface area contributed by atoms with Gasteiger partial charge in [0.05, 0.1) is 29.5 Å². The van der Waals surface area contributed by atoms with E-state index in [4.69, 9.17) is 13.9 Å². The van der Waals surface area contributed by atoms with Crippen LogP contribution in [0.25, 0.3) is 16.0 Å². The number of nitrogens with zero attached hydrogens (tertiary/aromatic N) is 2. The predicted octanol–water partition coefficient (Wildman–Crippen LogP) is 5.62. The zero-order valence-electron chi connectivity index (χ0n) is 20.0. The molecular formula is C27H24N2O6S. The maximum Gasteiger partial charge on any atom is 0.302 e. The van der Waals surface area contributed by atoms with Crippen molar-refractivity contribution in [3.05, 3.63) is 77.3 Å². The molecular weight excluding hydrogens is 480 g/mol. The molecule has 0 radical (unpaired) electrons. The van der Waals surface area contributed by atoms with Gasteiger partial charge in [-0.1, -0.05) is 18.3 Å². The van der Waals surface area contributed by atoms with Crippen LogP contribution in [0.15, 0.2) is 64.6 Å². The average molecular weight is 505 g/mol. The number of Topliss-reactive ketones (excluding diaryl/α,β-unsaturated/α-hetero) is 1. The van der Waals surface area contributed by atoms with Crippen LogP contribution >= 0.6 is 11.3 Å². The number of ketones is 1. The highest BCUT2D eigenvalue weighted by Crippen LogP contribution is 2.45. The van der Waals surface area contributed by atoms with Crippen molar-refractivity contribution in [2.24, 2.45) is 0 Å². The number of rotatable bonds is 7. The Morgan fingerprint density at radius 3 is 2.53 bits per heavy atom. The van der Waals surface area contributed by atoms with E-state index < -0.39 is 17.7 Å². The van der Waals surface area contributed by atoms with Crippen LogP contribution in [0.4, 0.5) is 5.13 Å². The molecule has 1 unspecified atom stereocenters. The summed E-state index contributed by atoms with van der Waals surface area (Å²) < 4.78 is 17.6. The molecule has 1 aliphatic heterocycles. The molecule has 2 aromatic heterocycles. The standard InChI is InChI=1S/C27H24N2O6S/c1-4-13-34-17-8-6-16(7-9-17)24(30)22-23(20-12-5-15(2)35-20)29(26(32)25(22)31)27-28-19-11-10-18(33-3)14-21(19)36-27/h5-12,14,23,30H,4,13H2,1-3H3/b24-22+. The fourth-order valence-electron chi connectivity index (χ4n) is 4.11. The van der Waals surface area contributed by atoms with Crippen LogP contribution in [0.5, 0.6) is 11.5 Å². The molecule has 184 valence electrons. The summed E-state index contributed by atoms with van der Waals surface area (Å²) in [5.41, 5.74) is 0.988. The van der Waals surface area contributed by atoms with Crippen molar-refractivity contribution in [3.8, 4) is 11.5 Å². The van der Waals surface area contributed by atoms with Crippen molar-refractivity contribution >= 4 is 44.1 Å². The fraction of sp³-hybridized carbons (Fsp3) is 0.222. The molecule has 0 spiro atoms. The molecule has 0 saturated carbocycles. The Labute approximate surface area is 211 Å². The average Bonchev–Trinajstić information content (AvgIpc) is 3.57. The Bertz CT molecular complexity index is 1480. The number of carbonyl (C=O) groups excluding carboxylic acids is 2. The second kappa shape index (κ2) is 9.50. The van der Waals surface area contributed by atoms with Crippen LogP contribution in [0.1, 0.15) is 36.5 Å². The number of anilines is 1. The Hall–Kier alpha value is -4.11. The number of furan rings is 1. The highest BCUT2D eigenvalue weighted by Gasteiger charge is 2.49. The van der Waals surface area contributed by atoms with Crippen molar-refractivity contribution in [3.63, 3.8) is 0 Å². The third-order valence-corrected chi connectivity index (χ3v) is 6.88. The first kappa shape index (κ1) is 23.6. The summed E-state index contributed by atoms with van der Waals surface area (Å²) in [5, 5.41) is 11.6. The molecule has 0 aliphatic carbocycles. The van der Waals surface area contributed by atoms with Crippen LogP contribution < -0.4 is 14.4 Å². The van der Waals surface area contributed by atoms with E-state index in [0.29, 0.717) is 45.8 Å². The van der Waals surface area contributed by atoms with E-state index in [0.717, 1.165) is 11.1 Å². The predicted molar refractivity (Wildman–Crippen MR) is 137 cm³/mol. The van der Waals surface area contributed by atoms with Crippen LogP contribution in [0.2, 0.25) is 0 Å². The van der Waals surface area contributed by atoms with Gasteiger partial charge in [-0.05, 0) is 67.9 Å². The van der Waals surface area contributed by atoms with Gasteiger partial charge in [-0.2, -0.15) is 0 Å². The van der Waals surface area contributed by atoms with Crippen molar-refractivity contribution in [1.82, 2.24) is 4.98 Å². The maximum atomic E-state index is 13.3. The SMILES string of the molecule is CCCOc1ccc(/C(O)=C2\C(=O)C(=O)N(c3nc4ccc(OC)cc4s3)C2c2ccc(C)o2)cc1. The summed E-state index contributed by atoms with van der Waals surface area (Å²) in [4.78, 5) is 32.5. The summed E-state index contributed by atoms with van der Waals surface area (Å²) in [6.45, 7) is 4.36. The summed E-state index contributed by atoms with van der Waals surface area (Å²) in [6.07, 6.45) is 0.867. The van der Waals surface area contributed by atoms with E-state index >= 15 is 0 Å². The topological polar surface area (TPSA) is 102 Å². The second-order valence-electron chi connectivity index (χ2n) is 8.32. The van der Waals surface area contributed by atoms with Crippen molar-refractivity contribution in [2.45, 2.75) is 26.3 Å². The van der Waals surface area contributed by atoms with Crippen LogP contribution in [0, 0.1) is 6.92 Å². The highest BCUT2D eigenvalue weighted by molar-refractivity contribution is 7.22. The molecule has 5 rings (SSSR count). The largest absolute Gasteiger partial charge is 0.507 e. The number of methoxy groups -OCH3 is 1. The van der Waals surface area contributed by atoms with Crippen LogP contribution in [0.3, 0.4) is 0 Å². The molecule has 1 saturated heterocycles. The molecule has 8 nitrogen and oxygen atoms in total. The third kappa shape index (κ3) is 4.11. The number of aryl methyl sites for hydroxylation is 1. The number of hydrogen-bond acceptors (Lipinski definition) is 8. The number of aliphatic hydroxyl groups is 1. The second-order valence-corrected chi connectivity index (χ2v) is 9.33. The molecule has 0 bridgehead atoms. The zero-order chi connectivity index (χ0) is 25.4. The number of aliphatic hydroxyl groups excluding tert-OH is 1. The van der Waals surface area contributed by atoms with E-state index in [2.05, 4.69) is 4.98 Å². The van der Waals surface area contributed by atoms with Crippen molar-refractivity contribution in [1.29, 1.82) is 0 Å². The summed E-state index contributed by atoms with van der Waals surface area (Å²) >= 11 is 1.25. The van der Waals surface area contributed by atoms with E-state index in [1.165, 1.54) is 16.2 Å². The molecule has 2 aromatic carbocycles. The van der Waals surface area contributed by atoms with Crippen LogP contribution in [-0.2, 0) is 9.59 Å². The lowest BCUT2D eigenvalue weighted by molar-refractivity contribution is -0.132. The first-order valence-corrected chi connectivity index (χ1v) is 12.3. The molecule has 1 atom stereocenters. The molecule has 9 heteroatoms. The number of thiazole rings is 1. The van der Waals surface area contributed by atoms with Crippen LogP contribution in [-0.4, -0.2) is 35.5 Å². The molecule has 1 amide bonds. The van der Waals surface area contributed by atoms with E-state index in [1.54, 1.807) is 62.6 Å². The minimum absolute atomic E-state index is 0.0617. The van der Waals surface area contributed by atoms with Gasteiger partial charge >= 0.3 is 5.91 Å². The quantitative estimate of drug-likeness (QED) is 0.198. The lowest BCUT2D eigenvalue weighted by Gasteiger charge is -2.20. The number of amides is 1. The van der Waals surface area contributed by atoms with Gasteiger partial charge in [-0.15, -0.1) is 0 Å². The van der Waals surface area contributed by atoms with Crippen molar-refractivity contribution < 1.29 is 28.6 Å². The highest BCUT2D eigenvalue weighted by atomic mass is 32.1. The molecule has 3 heterocycles. The van der Waals surface area contributed by atoms with E-state index in [9.17, 15) is 14.7 Å². The first-order valence-electron chi connectivity index (χ1n) is 11.5. The number of fused-ring (bicyclic) bond motifs is 1. The molecule has 1 N–H and O–H groups in total. The Morgan fingerprint density at radius 2 is 1.86 bits per heavy atom. The number of hydrogen-bond donors (Lipinski definition) is 1. The molecule has 36 heavy (non-hydrogen) atoms. The lowest BCUT2D eigenvalue weighted by Crippen LogP contribution is -2.29. The third-order valence-electron chi connectivity index (χ3n) is 5.87. The van der Waals surface area contributed by atoms with E-state index in [1.807, 2.05) is 13.0 Å². The van der Waals surface area contributed by atoms with Gasteiger partial charge in [-0.3, -0.25) is 14.5 Å². The molecule has 1 aliphatic rings. The minimum Gasteiger partial charge on any atom is -0.507 e. The normalized spacial score (nSPS) is 17.2.